The van der Waals surface area contributed by atoms with E-state index in [0.717, 1.165) is 6.42 Å². The minimum absolute atomic E-state index is 0.0259. The number of fused-ring (bicyclic) bond motifs is 24. The van der Waals surface area contributed by atoms with Crippen molar-refractivity contribution in [3.63, 3.8) is 0 Å². The van der Waals surface area contributed by atoms with Gasteiger partial charge < -0.3 is 0 Å². The van der Waals surface area contributed by atoms with Gasteiger partial charge in [0.25, 0.3) is 0 Å². The molecule has 4 aliphatic carbocycles. The summed E-state index contributed by atoms with van der Waals surface area (Å²) in [5.41, 5.74) is 45.8. The summed E-state index contributed by atoms with van der Waals surface area (Å²) in [6.45, 7) is 32.2. The highest BCUT2D eigenvalue weighted by molar-refractivity contribution is 7.02. The van der Waals surface area contributed by atoms with Gasteiger partial charge in [-0.25, -0.2) is 0 Å². The van der Waals surface area contributed by atoms with Gasteiger partial charge >= 0.3 is 0 Å². The fraction of sp³-hybridized carbons (Fsp3) is 0.208. The Morgan fingerprint density at radius 1 is 0.276 bits per heavy atom. The van der Waals surface area contributed by atoms with Crippen molar-refractivity contribution in [1.29, 1.82) is 0 Å². The van der Waals surface area contributed by atoms with E-state index >= 15 is 0 Å². The summed E-state index contributed by atoms with van der Waals surface area (Å²) < 4.78 is 0. The molecule has 0 unspecified atom stereocenters. The van der Waals surface area contributed by atoms with Crippen LogP contribution in [0, 0.1) is 0 Å². The monoisotopic (exact) mass is 1250 g/mol. The highest BCUT2D eigenvalue weighted by Gasteiger charge is 2.50. The standard InChI is InChI=1S/C96H76B2/c1-91(2,3)53-43-65-87-79-51(41-71-85(87)59-28-16-20-36-69(59)93(71,6)7)25-22-38-75(79)97-76-40-50(39-52-42-72-86(88(80(52)76)66(44-53)90(65)97)60-29-17-21-37-70(60)94(72,8)9)49-92(4,5)54-45-63-55-30-23-32-61-81-57-26-14-18-34-67(57)95(10,11)73(81)47-77(83(55)61)98-78-48-74-82(58-27-15-19-35-68(58)96(74,12)13)62-33-24-31-56(84(62)78)64(46-54)89(63)98/h14-48H,49H2,1-13H3. The van der Waals surface area contributed by atoms with Gasteiger partial charge in [-0.1, -0.05) is 323 Å². The highest BCUT2D eigenvalue weighted by atomic mass is 14.5. The maximum Gasteiger partial charge on any atom is 0.244 e. The van der Waals surface area contributed by atoms with Crippen LogP contribution < -0.4 is 32.8 Å². The van der Waals surface area contributed by atoms with Crippen LogP contribution in [0.1, 0.15) is 151 Å². The van der Waals surface area contributed by atoms with Crippen molar-refractivity contribution >= 4 is 89.3 Å². The molecule has 14 aromatic carbocycles. The molecule has 466 valence electrons. The second-order valence-electron chi connectivity index (χ2n) is 34.6. The fourth-order valence-electron chi connectivity index (χ4n) is 22.0. The Kier molecular flexibility index (Phi) is 10.2. The molecule has 0 fully saturated rings. The molecule has 0 radical (unpaired) electrons. The molecule has 98 heavy (non-hydrogen) atoms. The zero-order valence-electron chi connectivity index (χ0n) is 58.6. The van der Waals surface area contributed by atoms with E-state index in [1.165, 1.54) is 226 Å². The highest BCUT2D eigenvalue weighted by Crippen LogP contribution is 2.61. The van der Waals surface area contributed by atoms with Crippen LogP contribution >= 0.6 is 0 Å². The molecule has 4 aliphatic heterocycles. The Labute approximate surface area is 577 Å². The molecular formula is C96H76B2. The van der Waals surface area contributed by atoms with Gasteiger partial charge in [0.05, 0.1) is 0 Å². The lowest BCUT2D eigenvalue weighted by molar-refractivity contribution is 0.523. The molecule has 0 amide bonds. The molecule has 8 aliphatic rings. The van der Waals surface area contributed by atoms with E-state index in [0.29, 0.717) is 0 Å². The third-order valence-corrected chi connectivity index (χ3v) is 26.7. The van der Waals surface area contributed by atoms with Gasteiger partial charge in [-0.3, -0.25) is 0 Å². The molecule has 0 bridgehead atoms. The number of hydrogen-bond acceptors (Lipinski definition) is 0. The number of rotatable bonds is 3. The van der Waals surface area contributed by atoms with E-state index in [2.05, 4.69) is 302 Å². The maximum atomic E-state index is 2.73. The molecule has 0 nitrogen and oxygen atoms in total. The summed E-state index contributed by atoms with van der Waals surface area (Å²) >= 11 is 0. The first-order valence-electron chi connectivity index (χ1n) is 36.3. The predicted molar refractivity (Wildman–Crippen MR) is 420 cm³/mol. The smallest absolute Gasteiger partial charge is 0.0663 e. The topological polar surface area (TPSA) is 0 Å². The lowest BCUT2D eigenvalue weighted by Crippen LogP contribution is -2.58. The lowest BCUT2D eigenvalue weighted by Gasteiger charge is -2.39. The average Bonchev–Trinajstić information content (AvgIpc) is 1.23. The van der Waals surface area contributed by atoms with Gasteiger partial charge in [-0.15, -0.1) is 0 Å². The quantitative estimate of drug-likeness (QED) is 0.155. The largest absolute Gasteiger partial charge is 0.244 e. The molecule has 4 heterocycles. The van der Waals surface area contributed by atoms with Gasteiger partial charge in [0, 0.05) is 21.7 Å². The van der Waals surface area contributed by atoms with E-state index in [-0.39, 0.29) is 45.9 Å². The van der Waals surface area contributed by atoms with Crippen molar-refractivity contribution in [3.8, 4) is 89.0 Å². The van der Waals surface area contributed by atoms with Gasteiger partial charge in [-0.05, 0) is 223 Å². The minimum Gasteiger partial charge on any atom is -0.0663 e. The van der Waals surface area contributed by atoms with Gasteiger partial charge in [0.2, 0.25) is 13.4 Å². The van der Waals surface area contributed by atoms with Crippen LogP contribution in [0.25, 0.3) is 132 Å². The number of hydrogen-bond donors (Lipinski definition) is 0. The third kappa shape index (κ3) is 6.55. The van der Waals surface area contributed by atoms with Gasteiger partial charge in [0.15, 0.2) is 0 Å². The van der Waals surface area contributed by atoms with Gasteiger partial charge in [-0.2, -0.15) is 0 Å². The summed E-state index contributed by atoms with van der Waals surface area (Å²) in [5, 5.41) is 11.2. The van der Waals surface area contributed by atoms with Crippen molar-refractivity contribution in [2.24, 2.45) is 0 Å². The minimum atomic E-state index is -0.306. The Bertz CT molecular complexity index is 6040. The summed E-state index contributed by atoms with van der Waals surface area (Å²) in [6, 6.07) is 85.9. The normalized spacial score (nSPS) is 16.5. The zero-order valence-corrected chi connectivity index (χ0v) is 58.6. The van der Waals surface area contributed by atoms with E-state index < -0.39 is 0 Å². The molecule has 2 heteroatoms. The SMILES string of the molecule is CC(C)(C)c1cc2c3c(c1)-c1c4c(cc5cc(CC(C)(C)c6cc7c8c(c6)-c6cccc9c%10c(cc(c69)B8c6cc8c(c9cccc-7c69)-c6ccccc6C8(C)C)C(C)(C)c6ccccc6-%10)cc(c15)B3c1cccc3cc5c(c-2c13)-c1ccccc1C5(C)C)C(C)(C)c1ccccc1-4. The fourth-order valence-corrected chi connectivity index (χ4v) is 22.0. The molecule has 0 spiro atoms. The van der Waals surface area contributed by atoms with Crippen molar-refractivity contribution < 1.29 is 0 Å². The van der Waals surface area contributed by atoms with Crippen LogP contribution in [0.3, 0.4) is 0 Å². The first-order valence-corrected chi connectivity index (χ1v) is 36.3. The second kappa shape index (κ2) is 17.7. The van der Waals surface area contributed by atoms with Crippen LogP contribution in [-0.4, -0.2) is 13.4 Å². The number of benzene rings is 14. The first-order chi connectivity index (χ1) is 47.0. The second-order valence-corrected chi connectivity index (χ2v) is 34.6. The van der Waals surface area contributed by atoms with Gasteiger partial charge in [0.1, 0.15) is 0 Å². The molecule has 0 aromatic heterocycles. The maximum absolute atomic E-state index is 2.73. The van der Waals surface area contributed by atoms with E-state index in [9.17, 15) is 0 Å². The predicted octanol–water partition coefficient (Wildman–Crippen LogP) is 20.3. The van der Waals surface area contributed by atoms with Crippen LogP contribution in [0.15, 0.2) is 212 Å². The average molecular weight is 1250 g/mol. The lowest BCUT2D eigenvalue weighted by atomic mass is 9.30. The van der Waals surface area contributed by atoms with Crippen molar-refractivity contribution in [2.45, 2.75) is 129 Å². The molecule has 22 rings (SSSR count). The van der Waals surface area contributed by atoms with E-state index in [4.69, 9.17) is 0 Å². The van der Waals surface area contributed by atoms with Crippen molar-refractivity contribution in [3.05, 3.63) is 274 Å². The summed E-state index contributed by atoms with van der Waals surface area (Å²) in [5.74, 6) is 0. The Hall–Kier alpha value is -9.75. The summed E-state index contributed by atoms with van der Waals surface area (Å²) in [4.78, 5) is 0. The Morgan fingerprint density at radius 2 is 0.653 bits per heavy atom. The van der Waals surface area contributed by atoms with E-state index in [1.54, 1.807) is 0 Å². The molecular weight excluding hydrogens is 1170 g/mol. The molecule has 0 atom stereocenters. The van der Waals surface area contributed by atoms with Crippen LogP contribution in [0.4, 0.5) is 0 Å². The third-order valence-electron chi connectivity index (χ3n) is 26.7. The Balaban J connectivity index is 0.808. The molecule has 0 saturated heterocycles. The Morgan fingerprint density at radius 3 is 1.13 bits per heavy atom. The van der Waals surface area contributed by atoms with Crippen LogP contribution in [-0.2, 0) is 38.9 Å². The summed E-state index contributed by atoms with van der Waals surface area (Å²) in [7, 11) is 0. The molecule has 0 N–H and O–H groups in total. The zero-order chi connectivity index (χ0) is 66.3. The van der Waals surface area contributed by atoms with Crippen LogP contribution in [0.5, 0.6) is 0 Å². The molecule has 14 aromatic rings. The van der Waals surface area contributed by atoms with Crippen molar-refractivity contribution in [2.75, 3.05) is 0 Å². The first kappa shape index (κ1) is 56.3. The van der Waals surface area contributed by atoms with Crippen LogP contribution in [0.2, 0.25) is 0 Å². The molecule has 0 saturated carbocycles. The van der Waals surface area contributed by atoms with E-state index in [1.807, 2.05) is 0 Å². The summed E-state index contributed by atoms with van der Waals surface area (Å²) in [6.07, 6.45) is 0.865. The van der Waals surface area contributed by atoms with Crippen molar-refractivity contribution in [1.82, 2.24) is 0 Å².